The van der Waals surface area contributed by atoms with Crippen LogP contribution in [0.1, 0.15) is 24.2 Å². The Kier molecular flexibility index (Phi) is 4.39. The minimum atomic E-state index is -0.0434. The van der Waals surface area contributed by atoms with Gasteiger partial charge in [0.15, 0.2) is 0 Å². The van der Waals surface area contributed by atoms with Crippen molar-refractivity contribution < 1.29 is 4.74 Å². The van der Waals surface area contributed by atoms with Gasteiger partial charge in [-0.15, -0.1) is 0 Å². The Morgan fingerprint density at radius 3 is 2.71 bits per heavy atom. The van der Waals surface area contributed by atoms with Crippen LogP contribution in [0.2, 0.25) is 5.02 Å². The molecule has 0 aliphatic rings. The van der Waals surface area contributed by atoms with E-state index in [1.807, 2.05) is 32.0 Å². The van der Waals surface area contributed by atoms with Crippen molar-refractivity contribution in [3.05, 3.63) is 34.3 Å². The van der Waals surface area contributed by atoms with E-state index in [1.165, 1.54) is 0 Å². The van der Waals surface area contributed by atoms with E-state index >= 15 is 0 Å². The van der Waals surface area contributed by atoms with Crippen LogP contribution >= 0.6 is 11.6 Å². The molecule has 0 fully saturated rings. The highest BCUT2D eigenvalue weighted by Crippen LogP contribution is 2.22. The second-order valence-electron chi connectivity index (χ2n) is 3.19. The third-order valence-electron chi connectivity index (χ3n) is 2.15. The van der Waals surface area contributed by atoms with Crippen LogP contribution in [-0.2, 0) is 4.74 Å². The number of nitrogens with two attached hydrogens (primary N) is 1. The summed E-state index contributed by atoms with van der Waals surface area (Å²) in [5.74, 6) is 0. The quantitative estimate of drug-likeness (QED) is 0.835. The van der Waals surface area contributed by atoms with Crippen LogP contribution in [0.3, 0.4) is 0 Å². The number of hydrogen-bond acceptors (Lipinski definition) is 2. The van der Waals surface area contributed by atoms with Gasteiger partial charge < -0.3 is 10.5 Å². The molecular formula is C11H16ClNO. The summed E-state index contributed by atoms with van der Waals surface area (Å²) >= 11 is 6.02. The number of aryl methyl sites for hydroxylation is 1. The summed E-state index contributed by atoms with van der Waals surface area (Å²) in [7, 11) is 0. The predicted molar refractivity (Wildman–Crippen MR) is 59.6 cm³/mol. The molecule has 2 N–H and O–H groups in total. The molecule has 0 saturated carbocycles. The standard InChI is InChI=1S/C11H16ClNO/c1-3-14-11(7-13)9-5-4-8(2)10(12)6-9/h4-6,11H,3,7,13H2,1-2H3. The molecule has 1 atom stereocenters. The van der Waals surface area contributed by atoms with E-state index in [-0.39, 0.29) is 6.10 Å². The fraction of sp³-hybridized carbons (Fsp3) is 0.455. The lowest BCUT2D eigenvalue weighted by Crippen LogP contribution is -2.15. The molecule has 0 saturated heterocycles. The number of rotatable bonds is 4. The summed E-state index contributed by atoms with van der Waals surface area (Å²) < 4.78 is 5.49. The fourth-order valence-corrected chi connectivity index (χ4v) is 1.50. The van der Waals surface area contributed by atoms with E-state index in [9.17, 15) is 0 Å². The van der Waals surface area contributed by atoms with Gasteiger partial charge in [0, 0.05) is 18.2 Å². The Bertz CT molecular complexity index is 301. The molecule has 1 unspecified atom stereocenters. The lowest BCUT2D eigenvalue weighted by Gasteiger charge is -2.15. The molecule has 14 heavy (non-hydrogen) atoms. The van der Waals surface area contributed by atoms with E-state index in [2.05, 4.69) is 0 Å². The third-order valence-corrected chi connectivity index (χ3v) is 2.56. The van der Waals surface area contributed by atoms with Crippen molar-refractivity contribution in [3.8, 4) is 0 Å². The molecule has 0 bridgehead atoms. The fourth-order valence-electron chi connectivity index (χ4n) is 1.31. The predicted octanol–water partition coefficient (Wildman–Crippen LogP) is 2.68. The normalized spacial score (nSPS) is 12.9. The van der Waals surface area contributed by atoms with Crippen LogP contribution in [0.4, 0.5) is 0 Å². The second-order valence-corrected chi connectivity index (χ2v) is 3.60. The molecule has 0 radical (unpaired) electrons. The molecule has 0 amide bonds. The molecule has 1 aromatic carbocycles. The monoisotopic (exact) mass is 213 g/mol. The number of benzene rings is 1. The first-order valence-corrected chi connectivity index (χ1v) is 5.14. The van der Waals surface area contributed by atoms with Gasteiger partial charge in [0.25, 0.3) is 0 Å². The van der Waals surface area contributed by atoms with Gasteiger partial charge in [-0.1, -0.05) is 23.7 Å². The van der Waals surface area contributed by atoms with Gasteiger partial charge in [0.1, 0.15) is 0 Å². The van der Waals surface area contributed by atoms with Gasteiger partial charge in [0.05, 0.1) is 6.10 Å². The first-order valence-electron chi connectivity index (χ1n) is 4.76. The van der Waals surface area contributed by atoms with E-state index < -0.39 is 0 Å². The van der Waals surface area contributed by atoms with E-state index in [4.69, 9.17) is 22.1 Å². The Morgan fingerprint density at radius 1 is 1.50 bits per heavy atom. The zero-order valence-electron chi connectivity index (χ0n) is 8.59. The van der Waals surface area contributed by atoms with Crippen LogP contribution in [0.15, 0.2) is 18.2 Å². The van der Waals surface area contributed by atoms with Crippen molar-refractivity contribution in [2.75, 3.05) is 13.2 Å². The second kappa shape index (κ2) is 5.35. The summed E-state index contributed by atoms with van der Waals surface area (Å²) in [5, 5.41) is 0.764. The van der Waals surface area contributed by atoms with Gasteiger partial charge in [-0.05, 0) is 31.0 Å². The molecular weight excluding hydrogens is 198 g/mol. The molecule has 3 heteroatoms. The largest absolute Gasteiger partial charge is 0.372 e. The molecule has 2 nitrogen and oxygen atoms in total. The van der Waals surface area contributed by atoms with Crippen LogP contribution < -0.4 is 5.73 Å². The van der Waals surface area contributed by atoms with Crippen LogP contribution in [0.5, 0.6) is 0 Å². The van der Waals surface area contributed by atoms with Crippen LogP contribution in [-0.4, -0.2) is 13.2 Å². The van der Waals surface area contributed by atoms with E-state index in [1.54, 1.807) is 0 Å². The van der Waals surface area contributed by atoms with Crippen molar-refractivity contribution >= 4 is 11.6 Å². The molecule has 0 heterocycles. The third kappa shape index (κ3) is 2.71. The lowest BCUT2D eigenvalue weighted by atomic mass is 10.1. The lowest BCUT2D eigenvalue weighted by molar-refractivity contribution is 0.0688. The topological polar surface area (TPSA) is 35.2 Å². The van der Waals surface area contributed by atoms with Crippen molar-refractivity contribution in [3.63, 3.8) is 0 Å². The molecule has 0 aliphatic heterocycles. The number of ether oxygens (including phenoxy) is 1. The highest BCUT2D eigenvalue weighted by atomic mass is 35.5. The summed E-state index contributed by atoms with van der Waals surface area (Å²) in [5.41, 5.74) is 7.73. The first-order chi connectivity index (χ1) is 6.69. The first kappa shape index (κ1) is 11.5. The van der Waals surface area contributed by atoms with Crippen LogP contribution in [0.25, 0.3) is 0 Å². The van der Waals surface area contributed by atoms with Gasteiger partial charge in [0.2, 0.25) is 0 Å². The number of halogens is 1. The van der Waals surface area contributed by atoms with Gasteiger partial charge in [-0.25, -0.2) is 0 Å². The Labute approximate surface area is 90.0 Å². The summed E-state index contributed by atoms with van der Waals surface area (Å²) in [6.45, 7) is 5.07. The summed E-state index contributed by atoms with van der Waals surface area (Å²) in [4.78, 5) is 0. The van der Waals surface area contributed by atoms with Crippen molar-refractivity contribution in [2.45, 2.75) is 20.0 Å². The molecule has 78 valence electrons. The zero-order chi connectivity index (χ0) is 10.6. The van der Waals surface area contributed by atoms with Crippen molar-refractivity contribution in [2.24, 2.45) is 5.73 Å². The maximum Gasteiger partial charge on any atom is 0.0947 e. The molecule has 1 rings (SSSR count). The Hall–Kier alpha value is -0.570. The van der Waals surface area contributed by atoms with Gasteiger partial charge >= 0.3 is 0 Å². The molecule has 1 aromatic rings. The Morgan fingerprint density at radius 2 is 2.21 bits per heavy atom. The highest BCUT2D eigenvalue weighted by molar-refractivity contribution is 6.31. The minimum absolute atomic E-state index is 0.0434. The molecule has 0 spiro atoms. The van der Waals surface area contributed by atoms with Crippen molar-refractivity contribution in [1.29, 1.82) is 0 Å². The highest BCUT2D eigenvalue weighted by Gasteiger charge is 2.09. The van der Waals surface area contributed by atoms with E-state index in [0.717, 1.165) is 16.1 Å². The zero-order valence-corrected chi connectivity index (χ0v) is 9.34. The average Bonchev–Trinajstić information content (AvgIpc) is 2.19. The Balaban J connectivity index is 2.88. The number of hydrogen-bond donors (Lipinski definition) is 1. The summed E-state index contributed by atoms with van der Waals surface area (Å²) in [6.07, 6.45) is -0.0434. The maximum atomic E-state index is 6.02. The maximum absolute atomic E-state index is 6.02. The van der Waals surface area contributed by atoms with E-state index in [0.29, 0.717) is 13.2 Å². The summed E-state index contributed by atoms with van der Waals surface area (Å²) in [6, 6.07) is 5.91. The molecule has 0 aromatic heterocycles. The minimum Gasteiger partial charge on any atom is -0.372 e. The average molecular weight is 214 g/mol. The van der Waals surface area contributed by atoms with Crippen molar-refractivity contribution in [1.82, 2.24) is 0 Å². The van der Waals surface area contributed by atoms with Gasteiger partial charge in [-0.2, -0.15) is 0 Å². The SMILES string of the molecule is CCOC(CN)c1ccc(C)c(Cl)c1. The van der Waals surface area contributed by atoms with Gasteiger partial charge in [-0.3, -0.25) is 0 Å². The molecule has 0 aliphatic carbocycles. The van der Waals surface area contributed by atoms with Crippen LogP contribution in [0, 0.1) is 6.92 Å². The smallest absolute Gasteiger partial charge is 0.0947 e.